The number of methoxy groups -OCH3 is 1. The lowest BCUT2D eigenvalue weighted by Crippen LogP contribution is -2.26. The van der Waals surface area contributed by atoms with Crippen molar-refractivity contribution in [1.29, 1.82) is 0 Å². The first-order valence-corrected chi connectivity index (χ1v) is 7.02. The lowest BCUT2D eigenvalue weighted by molar-refractivity contribution is 0.0617. The van der Waals surface area contributed by atoms with Gasteiger partial charge in [-0.3, -0.25) is 0 Å². The third kappa shape index (κ3) is 5.06. The SMILES string of the molecule is CCCNC(COC(C)C)c1cc(OC)cs1. The van der Waals surface area contributed by atoms with E-state index in [1.807, 2.05) is 5.38 Å². The van der Waals surface area contributed by atoms with E-state index in [0.29, 0.717) is 6.61 Å². The zero-order valence-electron chi connectivity index (χ0n) is 11.2. The van der Waals surface area contributed by atoms with Crippen molar-refractivity contribution >= 4 is 11.3 Å². The zero-order valence-corrected chi connectivity index (χ0v) is 12.0. The molecule has 0 fully saturated rings. The van der Waals surface area contributed by atoms with Crippen LogP contribution in [0.15, 0.2) is 11.4 Å². The summed E-state index contributed by atoms with van der Waals surface area (Å²) < 4.78 is 10.9. The van der Waals surface area contributed by atoms with Crippen LogP contribution in [0, 0.1) is 0 Å². The molecule has 0 aliphatic rings. The average molecular weight is 257 g/mol. The van der Waals surface area contributed by atoms with Gasteiger partial charge in [0.15, 0.2) is 0 Å². The smallest absolute Gasteiger partial charge is 0.129 e. The topological polar surface area (TPSA) is 30.5 Å². The molecule has 98 valence electrons. The van der Waals surface area contributed by atoms with E-state index >= 15 is 0 Å². The van der Waals surface area contributed by atoms with Gasteiger partial charge >= 0.3 is 0 Å². The highest BCUT2D eigenvalue weighted by Gasteiger charge is 2.14. The summed E-state index contributed by atoms with van der Waals surface area (Å²) in [6.07, 6.45) is 1.39. The van der Waals surface area contributed by atoms with Crippen LogP contribution in [0.5, 0.6) is 5.75 Å². The van der Waals surface area contributed by atoms with E-state index in [4.69, 9.17) is 9.47 Å². The summed E-state index contributed by atoms with van der Waals surface area (Å²) in [5, 5.41) is 5.54. The number of nitrogens with one attached hydrogen (secondary N) is 1. The Morgan fingerprint density at radius 3 is 2.71 bits per heavy atom. The van der Waals surface area contributed by atoms with Crippen LogP contribution >= 0.6 is 11.3 Å². The minimum atomic E-state index is 0.266. The molecular weight excluding hydrogens is 234 g/mol. The first-order chi connectivity index (χ1) is 8.17. The van der Waals surface area contributed by atoms with Crippen molar-refractivity contribution in [1.82, 2.24) is 5.32 Å². The Balaban J connectivity index is 2.60. The van der Waals surface area contributed by atoms with E-state index in [9.17, 15) is 0 Å². The van der Waals surface area contributed by atoms with Crippen molar-refractivity contribution in [3.05, 3.63) is 16.3 Å². The molecule has 0 saturated carbocycles. The second-order valence-electron chi connectivity index (χ2n) is 4.28. The quantitative estimate of drug-likeness (QED) is 0.775. The predicted molar refractivity (Wildman–Crippen MR) is 73.0 cm³/mol. The summed E-state index contributed by atoms with van der Waals surface area (Å²) in [6.45, 7) is 8.01. The average Bonchev–Trinajstić information content (AvgIpc) is 2.77. The Morgan fingerprint density at radius 2 is 2.18 bits per heavy atom. The lowest BCUT2D eigenvalue weighted by Gasteiger charge is -2.18. The van der Waals surface area contributed by atoms with Crippen molar-refractivity contribution in [3.8, 4) is 5.75 Å². The van der Waals surface area contributed by atoms with E-state index in [0.717, 1.165) is 18.7 Å². The highest BCUT2D eigenvalue weighted by atomic mass is 32.1. The number of rotatable bonds is 8. The van der Waals surface area contributed by atoms with Crippen molar-refractivity contribution in [2.24, 2.45) is 0 Å². The lowest BCUT2D eigenvalue weighted by atomic mass is 10.2. The van der Waals surface area contributed by atoms with Gasteiger partial charge in [-0.2, -0.15) is 0 Å². The predicted octanol–water partition coefficient (Wildman–Crippen LogP) is 3.22. The Hall–Kier alpha value is -0.580. The molecule has 1 rings (SSSR count). The van der Waals surface area contributed by atoms with Gasteiger partial charge in [0.1, 0.15) is 5.75 Å². The van der Waals surface area contributed by atoms with Gasteiger partial charge in [-0.1, -0.05) is 6.92 Å². The highest BCUT2D eigenvalue weighted by molar-refractivity contribution is 7.10. The summed E-state index contributed by atoms with van der Waals surface area (Å²) in [7, 11) is 1.70. The van der Waals surface area contributed by atoms with E-state index in [1.165, 1.54) is 4.88 Å². The molecule has 0 aliphatic carbocycles. The van der Waals surface area contributed by atoms with Crippen LogP contribution in [0.4, 0.5) is 0 Å². The number of hydrogen-bond donors (Lipinski definition) is 1. The minimum Gasteiger partial charge on any atom is -0.496 e. The van der Waals surface area contributed by atoms with Crippen LogP contribution < -0.4 is 10.1 Å². The number of thiophene rings is 1. The number of hydrogen-bond acceptors (Lipinski definition) is 4. The monoisotopic (exact) mass is 257 g/mol. The molecule has 1 unspecified atom stereocenters. The second kappa shape index (κ2) is 7.69. The molecule has 1 aromatic rings. The first-order valence-electron chi connectivity index (χ1n) is 6.14. The van der Waals surface area contributed by atoms with Crippen LogP contribution in [0.25, 0.3) is 0 Å². The maximum Gasteiger partial charge on any atom is 0.129 e. The Labute approximate surface area is 108 Å². The molecule has 1 aromatic heterocycles. The van der Waals surface area contributed by atoms with E-state index in [-0.39, 0.29) is 12.1 Å². The summed E-state index contributed by atoms with van der Waals surface area (Å²) >= 11 is 1.72. The molecular formula is C13H23NO2S. The van der Waals surface area contributed by atoms with Gasteiger partial charge in [0, 0.05) is 10.3 Å². The van der Waals surface area contributed by atoms with E-state index in [1.54, 1.807) is 18.4 Å². The largest absolute Gasteiger partial charge is 0.496 e. The normalized spacial score (nSPS) is 13.0. The van der Waals surface area contributed by atoms with Gasteiger partial charge < -0.3 is 14.8 Å². The van der Waals surface area contributed by atoms with Crippen molar-refractivity contribution < 1.29 is 9.47 Å². The van der Waals surface area contributed by atoms with Gasteiger partial charge in [0.25, 0.3) is 0 Å². The van der Waals surface area contributed by atoms with Gasteiger partial charge in [0.05, 0.1) is 25.9 Å². The van der Waals surface area contributed by atoms with Crippen molar-refractivity contribution in [2.75, 3.05) is 20.3 Å². The molecule has 4 heteroatoms. The van der Waals surface area contributed by atoms with Gasteiger partial charge in [0.2, 0.25) is 0 Å². The molecule has 3 nitrogen and oxygen atoms in total. The Bertz CT molecular complexity index is 312. The minimum absolute atomic E-state index is 0.266. The summed E-state index contributed by atoms with van der Waals surface area (Å²) in [5.74, 6) is 0.929. The molecule has 0 amide bonds. The third-order valence-electron chi connectivity index (χ3n) is 2.41. The van der Waals surface area contributed by atoms with E-state index < -0.39 is 0 Å². The van der Waals surface area contributed by atoms with Crippen molar-refractivity contribution in [2.45, 2.75) is 39.3 Å². The molecule has 1 N–H and O–H groups in total. The highest BCUT2D eigenvalue weighted by Crippen LogP contribution is 2.27. The Morgan fingerprint density at radius 1 is 1.41 bits per heavy atom. The molecule has 0 bridgehead atoms. The maximum atomic E-state index is 5.70. The summed E-state index contributed by atoms with van der Waals surface area (Å²) in [6, 6.07) is 2.35. The molecule has 17 heavy (non-hydrogen) atoms. The molecule has 0 aromatic carbocycles. The van der Waals surface area contributed by atoms with Crippen molar-refractivity contribution in [3.63, 3.8) is 0 Å². The van der Waals surface area contributed by atoms with Gasteiger partial charge in [-0.05, 0) is 32.9 Å². The zero-order chi connectivity index (χ0) is 12.7. The van der Waals surface area contributed by atoms with Gasteiger partial charge in [-0.15, -0.1) is 11.3 Å². The molecule has 0 radical (unpaired) electrons. The molecule has 0 spiro atoms. The van der Waals surface area contributed by atoms with Crippen LogP contribution in [0.1, 0.15) is 38.1 Å². The fourth-order valence-corrected chi connectivity index (χ4v) is 2.39. The van der Waals surface area contributed by atoms with Gasteiger partial charge in [-0.25, -0.2) is 0 Å². The first kappa shape index (κ1) is 14.5. The molecule has 0 saturated heterocycles. The maximum absolute atomic E-state index is 5.70. The fourth-order valence-electron chi connectivity index (χ4n) is 1.47. The van der Waals surface area contributed by atoms with Crippen LogP contribution in [-0.4, -0.2) is 26.4 Å². The van der Waals surface area contributed by atoms with E-state index in [2.05, 4.69) is 32.2 Å². The van der Waals surface area contributed by atoms with Crippen LogP contribution in [-0.2, 0) is 4.74 Å². The molecule has 1 heterocycles. The third-order valence-corrected chi connectivity index (χ3v) is 3.44. The summed E-state index contributed by atoms with van der Waals surface area (Å²) in [5.41, 5.74) is 0. The number of ether oxygens (including phenoxy) is 2. The Kier molecular flexibility index (Phi) is 6.55. The fraction of sp³-hybridized carbons (Fsp3) is 0.692. The molecule has 1 atom stereocenters. The van der Waals surface area contributed by atoms with Crippen LogP contribution in [0.3, 0.4) is 0 Å². The second-order valence-corrected chi connectivity index (χ2v) is 5.22. The standard InChI is InChI=1S/C13H23NO2S/c1-5-6-14-12(8-16-10(2)3)13-7-11(15-4)9-17-13/h7,9-10,12,14H,5-6,8H2,1-4H3. The molecule has 0 aliphatic heterocycles. The summed E-state index contributed by atoms with van der Waals surface area (Å²) in [4.78, 5) is 1.27. The van der Waals surface area contributed by atoms with Crippen LogP contribution in [0.2, 0.25) is 0 Å².